The van der Waals surface area contributed by atoms with Crippen LogP contribution in [0.25, 0.3) is 17.3 Å². The first-order valence-corrected chi connectivity index (χ1v) is 9.01. The second-order valence-electron chi connectivity index (χ2n) is 5.97. The molecular weight excluding hydrogens is 365 g/mol. The van der Waals surface area contributed by atoms with Crippen LogP contribution in [0.15, 0.2) is 64.6 Å². The van der Waals surface area contributed by atoms with Gasteiger partial charge in [0.05, 0.1) is 17.0 Å². The number of hydrazone groups is 1. The molecule has 1 aliphatic heterocycles. The molecule has 0 unspecified atom stereocenters. The number of aromatic hydroxyl groups is 1. The average Bonchev–Trinajstić information content (AvgIpc) is 3.24. The van der Waals surface area contributed by atoms with Gasteiger partial charge >= 0.3 is 0 Å². The van der Waals surface area contributed by atoms with E-state index < -0.39 is 0 Å². The molecule has 2 aromatic carbocycles. The summed E-state index contributed by atoms with van der Waals surface area (Å²) in [5.74, 6) is -0.410. The lowest BCUT2D eigenvalue weighted by atomic mass is 10.1. The van der Waals surface area contributed by atoms with Crippen LogP contribution in [0.3, 0.4) is 0 Å². The second kappa shape index (κ2) is 6.77. The number of carbonyl (C=O) groups is 1. The number of halogens is 1. The predicted molar refractivity (Wildman–Crippen MR) is 104 cm³/mol. The van der Waals surface area contributed by atoms with Gasteiger partial charge in [-0.25, -0.2) is 9.37 Å². The van der Waals surface area contributed by atoms with Gasteiger partial charge in [-0.2, -0.15) is 10.1 Å². The Bertz CT molecular complexity index is 1070. The maximum absolute atomic E-state index is 13.1. The summed E-state index contributed by atoms with van der Waals surface area (Å²) in [5, 5.41) is 17.2. The first kappa shape index (κ1) is 17.1. The molecule has 4 rings (SSSR count). The number of amides is 1. The Hall–Kier alpha value is -3.32. The molecule has 0 fully saturated rings. The highest BCUT2D eigenvalue weighted by molar-refractivity contribution is 7.14. The summed E-state index contributed by atoms with van der Waals surface area (Å²) in [6, 6.07) is 12.6. The molecule has 5 nitrogen and oxygen atoms in total. The summed E-state index contributed by atoms with van der Waals surface area (Å²) in [6.07, 6.45) is 1.73. The lowest BCUT2D eigenvalue weighted by Crippen LogP contribution is -2.21. The topological polar surface area (TPSA) is 65.8 Å². The van der Waals surface area contributed by atoms with E-state index in [1.165, 1.54) is 28.5 Å². The average molecular weight is 379 g/mol. The van der Waals surface area contributed by atoms with Crippen molar-refractivity contribution in [1.82, 2.24) is 4.98 Å². The summed E-state index contributed by atoms with van der Waals surface area (Å²) in [7, 11) is 0. The van der Waals surface area contributed by atoms with Crippen LogP contribution in [0.1, 0.15) is 12.5 Å². The van der Waals surface area contributed by atoms with Crippen LogP contribution in [0, 0.1) is 5.82 Å². The number of carbonyl (C=O) groups excluding carboxylic acids is 1. The van der Waals surface area contributed by atoms with Crippen LogP contribution >= 0.6 is 11.3 Å². The monoisotopic (exact) mass is 379 g/mol. The Morgan fingerprint density at radius 3 is 2.52 bits per heavy atom. The minimum atomic E-state index is -0.312. The molecule has 134 valence electrons. The molecule has 0 saturated heterocycles. The SMILES string of the molecule is CC1=NN(c2nc(-c3ccc(F)cc3)cs2)C(=O)C1=Cc1ccc(O)cc1. The number of benzene rings is 2. The fraction of sp³-hybridized carbons (Fsp3) is 0.0500. The number of anilines is 1. The first-order chi connectivity index (χ1) is 13.0. The van der Waals surface area contributed by atoms with E-state index in [0.717, 1.165) is 11.1 Å². The minimum absolute atomic E-state index is 0.165. The van der Waals surface area contributed by atoms with Gasteiger partial charge in [-0.3, -0.25) is 4.79 Å². The summed E-state index contributed by atoms with van der Waals surface area (Å²) in [6.45, 7) is 1.76. The highest BCUT2D eigenvalue weighted by Crippen LogP contribution is 2.31. The number of hydrogen-bond acceptors (Lipinski definition) is 5. The molecule has 0 saturated carbocycles. The number of nitrogens with zero attached hydrogens (tertiary/aromatic N) is 3. The lowest BCUT2D eigenvalue weighted by Gasteiger charge is -2.07. The molecule has 0 aliphatic carbocycles. The van der Waals surface area contributed by atoms with Crippen molar-refractivity contribution >= 4 is 34.2 Å². The van der Waals surface area contributed by atoms with Crippen LogP contribution in [0.5, 0.6) is 5.75 Å². The predicted octanol–water partition coefficient (Wildman–Crippen LogP) is 4.46. The molecule has 1 aromatic heterocycles. The summed E-state index contributed by atoms with van der Waals surface area (Å²) >= 11 is 1.29. The molecule has 1 N–H and O–H groups in total. The quantitative estimate of drug-likeness (QED) is 0.683. The van der Waals surface area contributed by atoms with E-state index in [0.29, 0.717) is 22.1 Å². The van der Waals surface area contributed by atoms with Crippen LogP contribution in [-0.2, 0) is 4.79 Å². The Balaban J connectivity index is 1.61. The highest BCUT2D eigenvalue weighted by atomic mass is 32.1. The highest BCUT2D eigenvalue weighted by Gasteiger charge is 2.30. The molecule has 0 atom stereocenters. The molecule has 27 heavy (non-hydrogen) atoms. The normalized spacial score (nSPS) is 15.5. The smallest absolute Gasteiger partial charge is 0.282 e. The number of hydrogen-bond donors (Lipinski definition) is 1. The maximum atomic E-state index is 13.1. The van der Waals surface area contributed by atoms with Gasteiger partial charge in [0.2, 0.25) is 5.13 Å². The van der Waals surface area contributed by atoms with Crippen molar-refractivity contribution in [2.45, 2.75) is 6.92 Å². The zero-order valence-corrected chi connectivity index (χ0v) is 15.1. The molecule has 2 heterocycles. The maximum Gasteiger partial charge on any atom is 0.282 e. The van der Waals surface area contributed by atoms with E-state index >= 15 is 0 Å². The molecule has 3 aromatic rings. The summed E-state index contributed by atoms with van der Waals surface area (Å²) < 4.78 is 13.1. The summed E-state index contributed by atoms with van der Waals surface area (Å²) in [5.41, 5.74) is 3.28. The fourth-order valence-corrected chi connectivity index (χ4v) is 3.45. The molecule has 0 bridgehead atoms. The molecular formula is C20H14FN3O2S. The standard InChI is InChI=1S/C20H14FN3O2S/c1-12-17(10-13-2-8-16(25)9-3-13)19(26)24(23-12)20-22-18(11-27-20)14-4-6-15(21)7-5-14/h2-11,25H,1H3. The second-order valence-corrected chi connectivity index (χ2v) is 6.81. The molecule has 1 aliphatic rings. The van der Waals surface area contributed by atoms with Gasteiger partial charge in [0, 0.05) is 10.9 Å². The van der Waals surface area contributed by atoms with Gasteiger partial charge in [0.25, 0.3) is 5.91 Å². The van der Waals surface area contributed by atoms with Crippen molar-refractivity contribution in [1.29, 1.82) is 0 Å². The number of rotatable bonds is 3. The van der Waals surface area contributed by atoms with Crippen molar-refractivity contribution < 1.29 is 14.3 Å². The van der Waals surface area contributed by atoms with E-state index in [2.05, 4.69) is 10.1 Å². The van der Waals surface area contributed by atoms with Crippen molar-refractivity contribution in [3.63, 3.8) is 0 Å². The van der Waals surface area contributed by atoms with Crippen molar-refractivity contribution in [3.05, 3.63) is 70.9 Å². The van der Waals surface area contributed by atoms with E-state index in [9.17, 15) is 14.3 Å². The zero-order chi connectivity index (χ0) is 19.0. The van der Waals surface area contributed by atoms with Gasteiger partial charge in [-0.1, -0.05) is 12.1 Å². The van der Waals surface area contributed by atoms with E-state index in [-0.39, 0.29) is 17.5 Å². The molecule has 7 heteroatoms. The third kappa shape index (κ3) is 3.37. The summed E-state index contributed by atoms with van der Waals surface area (Å²) in [4.78, 5) is 17.3. The van der Waals surface area contributed by atoms with Crippen molar-refractivity contribution in [2.75, 3.05) is 5.01 Å². The number of aromatic nitrogens is 1. The minimum Gasteiger partial charge on any atom is -0.508 e. The Kier molecular flexibility index (Phi) is 4.29. The fourth-order valence-electron chi connectivity index (χ4n) is 2.67. The van der Waals surface area contributed by atoms with Gasteiger partial charge in [0.1, 0.15) is 11.6 Å². The third-order valence-electron chi connectivity index (χ3n) is 4.08. The van der Waals surface area contributed by atoms with E-state index in [1.54, 1.807) is 49.4 Å². The first-order valence-electron chi connectivity index (χ1n) is 8.13. The Labute approximate surface area is 158 Å². The van der Waals surface area contributed by atoms with Gasteiger partial charge in [-0.15, -0.1) is 11.3 Å². The molecule has 1 amide bonds. The van der Waals surface area contributed by atoms with Gasteiger partial charge in [-0.05, 0) is 55.0 Å². The van der Waals surface area contributed by atoms with Crippen molar-refractivity contribution in [2.24, 2.45) is 5.10 Å². The van der Waals surface area contributed by atoms with Gasteiger partial charge < -0.3 is 5.11 Å². The zero-order valence-electron chi connectivity index (χ0n) is 14.3. The largest absolute Gasteiger partial charge is 0.508 e. The lowest BCUT2D eigenvalue weighted by molar-refractivity contribution is -0.114. The van der Waals surface area contributed by atoms with Gasteiger partial charge in [0.15, 0.2) is 0 Å². The molecule has 0 spiro atoms. The van der Waals surface area contributed by atoms with Crippen LogP contribution < -0.4 is 5.01 Å². The van der Waals surface area contributed by atoms with E-state index in [4.69, 9.17) is 0 Å². The van der Waals surface area contributed by atoms with E-state index in [1.807, 2.05) is 5.38 Å². The number of phenols is 1. The molecule has 0 radical (unpaired) electrons. The Morgan fingerprint density at radius 1 is 1.11 bits per heavy atom. The number of thiazole rings is 1. The van der Waals surface area contributed by atoms with Crippen LogP contribution in [-0.4, -0.2) is 21.7 Å². The van der Waals surface area contributed by atoms with Crippen molar-refractivity contribution in [3.8, 4) is 17.0 Å². The number of phenolic OH excluding ortho intramolecular Hbond substituents is 1. The third-order valence-corrected chi connectivity index (χ3v) is 4.90. The van der Waals surface area contributed by atoms with Crippen LogP contribution in [0.4, 0.5) is 9.52 Å². The van der Waals surface area contributed by atoms with Crippen LogP contribution in [0.2, 0.25) is 0 Å². The Morgan fingerprint density at radius 2 is 1.81 bits per heavy atom.